The average molecular weight is 343 g/mol. The van der Waals surface area contributed by atoms with Crippen LogP contribution in [-0.2, 0) is 10.0 Å². The molecule has 1 heterocycles. The third-order valence-electron chi connectivity index (χ3n) is 4.79. The molecule has 0 amide bonds. The van der Waals surface area contributed by atoms with Crippen LogP contribution in [0.2, 0.25) is 0 Å². The number of nitrogens with zero attached hydrogens (tertiary/aromatic N) is 1. The second kappa shape index (κ2) is 7.08. The van der Waals surface area contributed by atoms with Crippen molar-refractivity contribution in [1.82, 2.24) is 4.31 Å². The molecule has 1 saturated heterocycles. The van der Waals surface area contributed by atoms with E-state index in [1.807, 2.05) is 19.1 Å². The molecule has 0 spiro atoms. The number of hydrogen-bond acceptors (Lipinski definition) is 2. The lowest BCUT2D eigenvalue weighted by Gasteiger charge is -2.29. The minimum atomic E-state index is -3.48. The summed E-state index contributed by atoms with van der Waals surface area (Å²) in [5.41, 5.74) is 3.36. The fraction of sp³-hybridized carbons (Fsp3) is 0.400. The van der Waals surface area contributed by atoms with Crippen LogP contribution in [0.25, 0.3) is 0 Å². The minimum Gasteiger partial charge on any atom is -0.207 e. The SMILES string of the molecule is Cc1ccc(C2CCCCCN2S(=O)(=O)c2ccc(C)cc2)cc1. The van der Waals surface area contributed by atoms with E-state index in [1.54, 1.807) is 16.4 Å². The lowest BCUT2D eigenvalue weighted by Crippen LogP contribution is -2.34. The molecule has 2 aromatic carbocycles. The molecule has 1 fully saturated rings. The Bertz CT molecular complexity index is 779. The normalized spacial score (nSPS) is 19.8. The highest BCUT2D eigenvalue weighted by atomic mass is 32.2. The van der Waals surface area contributed by atoms with Gasteiger partial charge in [-0.15, -0.1) is 0 Å². The van der Waals surface area contributed by atoms with Crippen LogP contribution in [0.1, 0.15) is 48.4 Å². The first-order valence-electron chi connectivity index (χ1n) is 8.63. The number of aryl methyl sites for hydroxylation is 2. The van der Waals surface area contributed by atoms with Gasteiger partial charge in [0.05, 0.1) is 10.9 Å². The van der Waals surface area contributed by atoms with Crippen molar-refractivity contribution in [3.8, 4) is 0 Å². The number of hydrogen-bond donors (Lipinski definition) is 0. The van der Waals surface area contributed by atoms with Gasteiger partial charge in [-0.1, -0.05) is 60.4 Å². The second-order valence-electron chi connectivity index (χ2n) is 6.70. The molecule has 0 N–H and O–H groups in total. The van der Waals surface area contributed by atoms with E-state index >= 15 is 0 Å². The summed E-state index contributed by atoms with van der Waals surface area (Å²) >= 11 is 0. The average Bonchev–Trinajstić information content (AvgIpc) is 2.82. The summed E-state index contributed by atoms with van der Waals surface area (Å²) in [5.74, 6) is 0. The van der Waals surface area contributed by atoms with Crippen LogP contribution < -0.4 is 0 Å². The van der Waals surface area contributed by atoms with Gasteiger partial charge in [0.1, 0.15) is 0 Å². The van der Waals surface area contributed by atoms with E-state index in [0.29, 0.717) is 11.4 Å². The monoisotopic (exact) mass is 343 g/mol. The lowest BCUT2D eigenvalue weighted by molar-refractivity contribution is 0.329. The van der Waals surface area contributed by atoms with E-state index in [-0.39, 0.29) is 6.04 Å². The zero-order valence-electron chi connectivity index (χ0n) is 14.4. The van der Waals surface area contributed by atoms with Gasteiger partial charge < -0.3 is 0 Å². The van der Waals surface area contributed by atoms with Gasteiger partial charge >= 0.3 is 0 Å². The molecule has 0 aliphatic carbocycles. The molecule has 3 rings (SSSR count). The first-order valence-corrected chi connectivity index (χ1v) is 10.1. The van der Waals surface area contributed by atoms with E-state index in [1.165, 1.54) is 5.56 Å². The predicted octanol–water partition coefficient (Wildman–Crippen LogP) is 4.61. The third kappa shape index (κ3) is 3.55. The quantitative estimate of drug-likeness (QED) is 0.816. The molecule has 1 aliphatic heterocycles. The van der Waals surface area contributed by atoms with Crippen molar-refractivity contribution in [2.75, 3.05) is 6.54 Å². The van der Waals surface area contributed by atoms with E-state index in [2.05, 4.69) is 31.2 Å². The smallest absolute Gasteiger partial charge is 0.207 e. The van der Waals surface area contributed by atoms with Gasteiger partial charge in [-0.2, -0.15) is 4.31 Å². The van der Waals surface area contributed by atoms with Gasteiger partial charge in [-0.05, 0) is 44.4 Å². The maximum atomic E-state index is 13.2. The highest BCUT2D eigenvalue weighted by Crippen LogP contribution is 2.34. The van der Waals surface area contributed by atoms with Crippen molar-refractivity contribution >= 4 is 10.0 Å². The Balaban J connectivity index is 2.00. The van der Waals surface area contributed by atoms with Crippen LogP contribution in [0.5, 0.6) is 0 Å². The van der Waals surface area contributed by atoms with Crippen molar-refractivity contribution in [1.29, 1.82) is 0 Å². The van der Waals surface area contributed by atoms with Gasteiger partial charge in [-0.25, -0.2) is 8.42 Å². The molecule has 0 saturated carbocycles. The van der Waals surface area contributed by atoms with Crippen LogP contribution in [0.4, 0.5) is 0 Å². The first kappa shape index (κ1) is 17.2. The number of rotatable bonds is 3. The summed E-state index contributed by atoms with van der Waals surface area (Å²) in [6.07, 6.45) is 3.96. The van der Waals surface area contributed by atoms with Crippen molar-refractivity contribution in [2.24, 2.45) is 0 Å². The molecule has 3 nitrogen and oxygen atoms in total. The van der Waals surface area contributed by atoms with Crippen LogP contribution in [0.3, 0.4) is 0 Å². The second-order valence-corrected chi connectivity index (χ2v) is 8.60. The molecule has 1 aliphatic rings. The summed E-state index contributed by atoms with van der Waals surface area (Å²) in [7, 11) is -3.48. The fourth-order valence-corrected chi connectivity index (χ4v) is 5.02. The standard InChI is InChI=1S/C20H25NO2S/c1-16-7-11-18(12-8-16)20-6-4-3-5-15-21(20)24(22,23)19-13-9-17(2)10-14-19/h7-14,20H,3-6,15H2,1-2H3. The maximum absolute atomic E-state index is 13.2. The Morgan fingerprint density at radius 1 is 0.833 bits per heavy atom. The molecular weight excluding hydrogens is 318 g/mol. The van der Waals surface area contributed by atoms with Gasteiger partial charge in [-0.3, -0.25) is 0 Å². The Morgan fingerprint density at radius 3 is 2.04 bits per heavy atom. The first-order chi connectivity index (χ1) is 11.5. The molecule has 1 atom stereocenters. The Morgan fingerprint density at radius 2 is 1.42 bits per heavy atom. The highest BCUT2D eigenvalue weighted by molar-refractivity contribution is 7.89. The van der Waals surface area contributed by atoms with Crippen molar-refractivity contribution < 1.29 is 8.42 Å². The maximum Gasteiger partial charge on any atom is 0.243 e. The van der Waals surface area contributed by atoms with E-state index < -0.39 is 10.0 Å². The topological polar surface area (TPSA) is 37.4 Å². The third-order valence-corrected chi connectivity index (χ3v) is 6.72. The number of sulfonamides is 1. The van der Waals surface area contributed by atoms with Crippen LogP contribution in [-0.4, -0.2) is 19.3 Å². The van der Waals surface area contributed by atoms with E-state index in [4.69, 9.17) is 0 Å². The molecule has 2 aromatic rings. The largest absolute Gasteiger partial charge is 0.243 e. The zero-order chi connectivity index (χ0) is 17.2. The fourth-order valence-electron chi connectivity index (χ4n) is 3.34. The lowest BCUT2D eigenvalue weighted by atomic mass is 10.0. The summed E-state index contributed by atoms with van der Waals surface area (Å²) in [6.45, 7) is 4.61. The summed E-state index contributed by atoms with van der Waals surface area (Å²) in [4.78, 5) is 0.395. The molecule has 4 heteroatoms. The molecule has 128 valence electrons. The van der Waals surface area contributed by atoms with Gasteiger partial charge in [0, 0.05) is 6.54 Å². The predicted molar refractivity (Wildman–Crippen MR) is 97.5 cm³/mol. The van der Waals surface area contributed by atoms with Crippen molar-refractivity contribution in [3.05, 3.63) is 65.2 Å². The molecule has 24 heavy (non-hydrogen) atoms. The minimum absolute atomic E-state index is 0.0700. The van der Waals surface area contributed by atoms with Gasteiger partial charge in [0.2, 0.25) is 10.0 Å². The van der Waals surface area contributed by atoms with E-state index in [0.717, 1.165) is 36.8 Å². The Kier molecular flexibility index (Phi) is 5.07. The van der Waals surface area contributed by atoms with Crippen molar-refractivity contribution in [3.63, 3.8) is 0 Å². The van der Waals surface area contributed by atoms with E-state index in [9.17, 15) is 8.42 Å². The van der Waals surface area contributed by atoms with Crippen LogP contribution >= 0.6 is 0 Å². The van der Waals surface area contributed by atoms with Crippen molar-refractivity contribution in [2.45, 2.75) is 50.5 Å². The molecule has 0 aromatic heterocycles. The molecular formula is C20H25NO2S. The highest BCUT2D eigenvalue weighted by Gasteiger charge is 2.33. The zero-order valence-corrected chi connectivity index (χ0v) is 15.2. The number of benzene rings is 2. The van der Waals surface area contributed by atoms with Gasteiger partial charge in [0.25, 0.3) is 0 Å². The summed E-state index contributed by atoms with van der Waals surface area (Å²) in [6, 6.07) is 15.4. The summed E-state index contributed by atoms with van der Waals surface area (Å²) < 4.78 is 28.2. The van der Waals surface area contributed by atoms with Gasteiger partial charge in [0.15, 0.2) is 0 Å². The molecule has 0 bridgehead atoms. The Hall–Kier alpha value is -1.65. The molecule has 1 unspecified atom stereocenters. The summed E-state index contributed by atoms with van der Waals surface area (Å²) in [5, 5.41) is 0. The van der Waals surface area contributed by atoms with Crippen LogP contribution in [0, 0.1) is 13.8 Å². The Labute approximate surface area is 145 Å². The van der Waals surface area contributed by atoms with Crippen LogP contribution in [0.15, 0.2) is 53.4 Å². The molecule has 0 radical (unpaired) electrons.